The predicted molar refractivity (Wildman–Crippen MR) is 17.4 cm³/mol. The van der Waals surface area contributed by atoms with E-state index in [1.165, 1.54) is 0 Å². The standard InChI is InChI=1S/C2GeN/c1-4-2-3. The molecule has 0 aliphatic heterocycles. The Morgan fingerprint density at radius 2 is 2.25 bits per heavy atom. The molecule has 0 aliphatic carbocycles. The fourth-order valence-electron chi connectivity index (χ4n) is 0. The van der Waals surface area contributed by atoms with Crippen LogP contribution < -0.4 is 0 Å². The Hall–Kier alpha value is -0.0971. The van der Waals surface area contributed by atoms with Gasteiger partial charge in [-0.3, -0.25) is 0 Å². The van der Waals surface area contributed by atoms with E-state index < -0.39 is 0 Å². The minimum atomic E-state index is 1.58. The van der Waals surface area contributed by atoms with Gasteiger partial charge in [0.1, 0.15) is 0 Å². The van der Waals surface area contributed by atoms with Gasteiger partial charge in [0.05, 0.1) is 0 Å². The van der Waals surface area contributed by atoms with Crippen LogP contribution in [0.2, 0.25) is 0 Å². The van der Waals surface area contributed by atoms with Crippen molar-refractivity contribution in [2.45, 2.75) is 0 Å². The van der Waals surface area contributed by atoms with E-state index in [-0.39, 0.29) is 0 Å². The molecule has 1 nitrogen and oxygen atoms in total. The van der Waals surface area contributed by atoms with E-state index in [1.807, 2.05) is 0 Å². The van der Waals surface area contributed by atoms with Crippen LogP contribution in [-0.4, -0.2) is 21.1 Å². The molecule has 17 valence electrons. The summed E-state index contributed by atoms with van der Waals surface area (Å²) in [6, 6.07) is 0. The van der Waals surface area contributed by atoms with Crippen molar-refractivity contribution in [2.24, 2.45) is 0 Å². The van der Waals surface area contributed by atoms with Crippen LogP contribution in [0.5, 0.6) is 0 Å². The molecule has 0 rings (SSSR count). The van der Waals surface area contributed by atoms with Gasteiger partial charge in [0, 0.05) is 0 Å². The molecule has 0 bridgehead atoms. The van der Waals surface area contributed by atoms with Crippen LogP contribution in [0.3, 0.4) is 0 Å². The first-order valence-corrected chi connectivity index (χ1v) is 1.75. The Morgan fingerprint density at radius 3 is 2.25 bits per heavy atom. The van der Waals surface area contributed by atoms with E-state index >= 15 is 0 Å². The van der Waals surface area contributed by atoms with Crippen molar-refractivity contribution in [3.05, 3.63) is 11.4 Å². The van der Waals surface area contributed by atoms with Gasteiger partial charge in [-0.1, -0.05) is 0 Å². The van der Waals surface area contributed by atoms with Crippen LogP contribution in [0.25, 0.3) is 4.85 Å². The van der Waals surface area contributed by atoms with Crippen molar-refractivity contribution in [1.29, 1.82) is 0 Å². The summed E-state index contributed by atoms with van der Waals surface area (Å²) < 4.78 is 0. The first-order valence-electron chi connectivity index (χ1n) is 0.697. The summed E-state index contributed by atoms with van der Waals surface area (Å²) in [4.78, 5) is 4.96. The average molecular weight is 111 g/mol. The number of nitrogens with zero attached hydrogens (tertiary/aromatic N) is 1. The molecule has 0 fully saturated rings. The third kappa shape index (κ3) is 1.90. The van der Waals surface area contributed by atoms with E-state index in [4.69, 9.17) is 6.57 Å². The molecule has 0 N–H and O–H groups in total. The summed E-state index contributed by atoms with van der Waals surface area (Å²) in [5.41, 5.74) is 0. The predicted octanol–water partition coefficient (Wildman–Crippen LogP) is -0.289. The van der Waals surface area contributed by atoms with Crippen LogP contribution >= 0.6 is 0 Å². The Balaban J connectivity index is 2.92. The molecule has 0 atom stereocenters. The molecule has 0 aromatic carbocycles. The van der Waals surface area contributed by atoms with Gasteiger partial charge < -0.3 is 0 Å². The molecule has 0 saturated carbocycles. The fourth-order valence-corrected chi connectivity index (χ4v) is 0. The van der Waals surface area contributed by atoms with Gasteiger partial charge in [0.25, 0.3) is 0 Å². The maximum atomic E-state index is 5.97. The molecule has 0 saturated heterocycles. The van der Waals surface area contributed by atoms with Crippen molar-refractivity contribution in [2.75, 3.05) is 0 Å². The molecular formula is C2GeN. The van der Waals surface area contributed by atoms with Gasteiger partial charge in [-0.05, 0) is 0 Å². The summed E-state index contributed by atoms with van der Waals surface area (Å²) in [7, 11) is 0. The van der Waals surface area contributed by atoms with E-state index in [0.717, 1.165) is 0 Å². The molecule has 0 spiro atoms. The van der Waals surface area contributed by atoms with Crippen LogP contribution in [0.1, 0.15) is 0 Å². The van der Waals surface area contributed by atoms with Gasteiger partial charge in [-0.25, -0.2) is 0 Å². The van der Waals surface area contributed by atoms with Gasteiger partial charge >= 0.3 is 32.5 Å². The van der Waals surface area contributed by atoms with Gasteiger partial charge in [-0.15, -0.1) is 0 Å². The average Bonchev–Trinajstić information content (AvgIpc) is 1.37. The third-order valence-corrected chi connectivity index (χ3v) is 0.290. The summed E-state index contributed by atoms with van der Waals surface area (Å²) in [5.74, 6) is 0. The zero-order valence-corrected chi connectivity index (χ0v) is 4.05. The van der Waals surface area contributed by atoms with E-state index in [2.05, 4.69) is 9.82 Å². The monoisotopic (exact) mass is 112 g/mol. The van der Waals surface area contributed by atoms with Gasteiger partial charge in [0.2, 0.25) is 0 Å². The third-order valence-electron chi connectivity index (χ3n) is 0.0559. The van der Waals surface area contributed by atoms with E-state index in [9.17, 15) is 0 Å². The summed E-state index contributed by atoms with van der Waals surface area (Å²) in [5, 5.41) is 0. The normalized spacial score (nSPS) is 3.75. The van der Waals surface area contributed by atoms with Crippen molar-refractivity contribution in [1.82, 2.24) is 0 Å². The van der Waals surface area contributed by atoms with Crippen molar-refractivity contribution < 1.29 is 0 Å². The number of hydrogen-bond donors (Lipinski definition) is 0. The molecular weight excluding hydrogens is 111 g/mol. The number of hydrogen-bond acceptors (Lipinski definition) is 0. The maximum absolute atomic E-state index is 5.97. The summed E-state index contributed by atoms with van der Waals surface area (Å²) >= 11 is 1.58. The van der Waals surface area contributed by atoms with Crippen molar-refractivity contribution in [3.8, 4) is 0 Å². The first-order chi connectivity index (χ1) is 1.91. The SMILES string of the molecule is [C-]#[N+][C]=[Ge]. The Kier molecular flexibility index (Phi) is 2.83. The van der Waals surface area contributed by atoms with Crippen LogP contribution in [-0.2, 0) is 0 Å². The topological polar surface area (TPSA) is 4.36 Å². The van der Waals surface area contributed by atoms with Crippen LogP contribution in [0.15, 0.2) is 0 Å². The molecule has 0 amide bonds. The molecule has 0 unspecified atom stereocenters. The summed E-state index contributed by atoms with van der Waals surface area (Å²) in [6.45, 7) is 5.97. The van der Waals surface area contributed by atoms with Crippen LogP contribution in [0, 0.1) is 6.57 Å². The van der Waals surface area contributed by atoms with E-state index in [1.54, 1.807) is 16.1 Å². The van der Waals surface area contributed by atoms with Gasteiger partial charge in [-0.2, -0.15) is 0 Å². The second-order valence-corrected chi connectivity index (χ2v) is 0.693. The quantitative estimate of drug-likeness (QED) is 0.298. The summed E-state index contributed by atoms with van der Waals surface area (Å²) in [6.07, 6.45) is 0. The molecule has 3 radical (unpaired) electrons. The van der Waals surface area contributed by atoms with Gasteiger partial charge in [0.15, 0.2) is 0 Å². The Bertz CT molecular complexity index is 51.5. The first kappa shape index (κ1) is 3.90. The Labute approximate surface area is 33.2 Å². The molecule has 0 aromatic rings. The van der Waals surface area contributed by atoms with Crippen molar-refractivity contribution in [3.63, 3.8) is 0 Å². The minimum absolute atomic E-state index is 1.58. The van der Waals surface area contributed by atoms with Crippen LogP contribution in [0.4, 0.5) is 0 Å². The zero-order valence-electron chi connectivity index (χ0n) is 1.95. The molecule has 0 heterocycles. The second kappa shape index (κ2) is 2.90. The van der Waals surface area contributed by atoms with E-state index in [0.29, 0.717) is 0 Å². The molecule has 2 heteroatoms. The zero-order chi connectivity index (χ0) is 3.41. The Morgan fingerprint density at radius 1 is 2.00 bits per heavy atom. The van der Waals surface area contributed by atoms with Crippen molar-refractivity contribution >= 4 is 21.1 Å². The molecule has 0 aliphatic rings. The molecule has 0 aromatic heterocycles. The fraction of sp³-hybridized carbons (Fsp3) is 0. The number of rotatable bonds is 0. The second-order valence-electron chi connectivity index (χ2n) is 0.224. The molecule has 4 heavy (non-hydrogen) atoms.